The molecule has 0 saturated carbocycles. The van der Waals surface area contributed by atoms with Crippen LogP contribution in [0.2, 0.25) is 5.02 Å². The maximum atomic E-state index is 12.0. The lowest BCUT2D eigenvalue weighted by Crippen LogP contribution is -2.27. The molecule has 0 aliphatic rings. The summed E-state index contributed by atoms with van der Waals surface area (Å²) < 4.78 is 36.7. The van der Waals surface area contributed by atoms with E-state index in [2.05, 4.69) is 15.9 Å². The van der Waals surface area contributed by atoms with E-state index in [9.17, 15) is 18.0 Å². The smallest absolute Gasteiger partial charge is 0.304 e. The zero-order valence-electron chi connectivity index (χ0n) is 6.61. The first-order valence-corrected chi connectivity index (χ1v) is 4.59. The van der Waals surface area contributed by atoms with Gasteiger partial charge < -0.3 is 4.57 Å². The Hall–Kier alpha value is -0.490. The predicted molar refractivity (Wildman–Crippen MR) is 49.5 cm³/mol. The zero-order valence-corrected chi connectivity index (χ0v) is 8.95. The lowest BCUT2D eigenvalue weighted by molar-refractivity contribution is -0.141. The van der Waals surface area contributed by atoms with Crippen LogP contribution in [0.1, 0.15) is 0 Å². The van der Waals surface area contributed by atoms with Gasteiger partial charge in [-0.1, -0.05) is 11.6 Å². The summed E-state index contributed by atoms with van der Waals surface area (Å²) in [5, 5.41) is -0.247. The van der Waals surface area contributed by atoms with Crippen molar-refractivity contribution in [2.24, 2.45) is 0 Å². The molecule has 0 fully saturated rings. The van der Waals surface area contributed by atoms with Gasteiger partial charge >= 0.3 is 6.18 Å². The Labute approximate surface area is 90.4 Å². The van der Waals surface area contributed by atoms with Crippen molar-refractivity contribution < 1.29 is 13.2 Å². The molecule has 2 nitrogen and oxygen atoms in total. The molecule has 0 unspecified atom stereocenters. The fourth-order valence-corrected chi connectivity index (χ4v) is 1.71. The number of aromatic nitrogens is 1. The van der Waals surface area contributed by atoms with E-state index in [4.69, 9.17) is 11.6 Å². The monoisotopic (exact) mass is 289 g/mol. The largest absolute Gasteiger partial charge is 0.406 e. The minimum Gasteiger partial charge on any atom is -0.304 e. The highest BCUT2D eigenvalue weighted by atomic mass is 79.9. The number of hydrogen-bond donors (Lipinski definition) is 0. The second kappa shape index (κ2) is 3.94. The lowest BCUT2D eigenvalue weighted by atomic mass is 10.4. The summed E-state index contributed by atoms with van der Waals surface area (Å²) >= 11 is 8.36. The minimum absolute atomic E-state index is 0.247. The molecule has 78 valence electrons. The molecule has 1 heterocycles. The summed E-state index contributed by atoms with van der Waals surface area (Å²) in [5.74, 6) is 0. The van der Waals surface area contributed by atoms with Gasteiger partial charge in [0.25, 0.3) is 5.56 Å². The minimum atomic E-state index is -4.44. The Morgan fingerprint density at radius 1 is 1.50 bits per heavy atom. The molecule has 1 rings (SSSR count). The molecule has 7 heteroatoms. The Bertz CT molecular complexity index is 401. The van der Waals surface area contributed by atoms with Crippen LogP contribution in [-0.2, 0) is 6.54 Å². The van der Waals surface area contributed by atoms with Crippen molar-refractivity contribution in [3.63, 3.8) is 0 Å². The van der Waals surface area contributed by atoms with E-state index in [0.717, 1.165) is 6.20 Å². The van der Waals surface area contributed by atoms with Gasteiger partial charge in [0.1, 0.15) is 11.6 Å². The highest BCUT2D eigenvalue weighted by molar-refractivity contribution is 9.10. The zero-order chi connectivity index (χ0) is 10.9. The average molecular weight is 290 g/mol. The number of nitrogens with zero attached hydrogens (tertiary/aromatic N) is 1. The van der Waals surface area contributed by atoms with Crippen LogP contribution in [0, 0.1) is 0 Å². The number of alkyl halides is 3. The van der Waals surface area contributed by atoms with E-state index in [1.165, 1.54) is 6.07 Å². The highest BCUT2D eigenvalue weighted by Crippen LogP contribution is 2.19. The molecule has 0 amide bonds. The summed E-state index contributed by atoms with van der Waals surface area (Å²) in [6, 6.07) is 1.25. The highest BCUT2D eigenvalue weighted by Gasteiger charge is 2.28. The third-order valence-corrected chi connectivity index (χ3v) is 2.06. The standard InChI is InChI=1S/C7H4BrClF3NO/c8-4-1-5(9)6(14)13(2-4)3-7(10,11)12/h1-2H,3H2. The fourth-order valence-electron chi connectivity index (χ4n) is 0.875. The second-order valence-corrected chi connectivity index (χ2v) is 3.88. The van der Waals surface area contributed by atoms with Crippen molar-refractivity contribution in [3.8, 4) is 0 Å². The molecule has 0 saturated heterocycles. The summed E-state index contributed by atoms with van der Waals surface area (Å²) in [6.45, 7) is -1.34. The molecular formula is C7H4BrClF3NO. The van der Waals surface area contributed by atoms with Gasteiger partial charge in [-0.05, 0) is 22.0 Å². The van der Waals surface area contributed by atoms with E-state index in [-0.39, 0.29) is 5.02 Å². The molecule has 0 N–H and O–H groups in total. The van der Waals surface area contributed by atoms with Crippen molar-refractivity contribution in [1.82, 2.24) is 4.57 Å². The number of rotatable bonds is 1. The van der Waals surface area contributed by atoms with Crippen LogP contribution in [0.15, 0.2) is 21.5 Å². The molecular weight excluding hydrogens is 286 g/mol. The molecule has 0 atom stereocenters. The Morgan fingerprint density at radius 2 is 2.07 bits per heavy atom. The van der Waals surface area contributed by atoms with Crippen LogP contribution < -0.4 is 5.56 Å². The molecule has 0 spiro atoms. The Balaban J connectivity index is 3.16. The van der Waals surface area contributed by atoms with E-state index in [1.54, 1.807) is 0 Å². The first-order valence-electron chi connectivity index (χ1n) is 3.42. The maximum Gasteiger partial charge on any atom is 0.406 e. The van der Waals surface area contributed by atoms with Crippen LogP contribution in [0.5, 0.6) is 0 Å². The molecule has 0 aromatic carbocycles. The molecule has 0 aliphatic carbocycles. The van der Waals surface area contributed by atoms with Crippen molar-refractivity contribution in [2.45, 2.75) is 12.7 Å². The normalized spacial score (nSPS) is 11.8. The van der Waals surface area contributed by atoms with Gasteiger partial charge in [-0.3, -0.25) is 4.79 Å². The topological polar surface area (TPSA) is 22.0 Å². The van der Waals surface area contributed by atoms with Gasteiger partial charge in [-0.2, -0.15) is 13.2 Å². The Kier molecular flexibility index (Phi) is 3.26. The summed E-state index contributed by atoms with van der Waals surface area (Å²) in [6.07, 6.45) is -3.39. The predicted octanol–water partition coefficient (Wildman–Crippen LogP) is 2.83. The van der Waals surface area contributed by atoms with Gasteiger partial charge in [-0.15, -0.1) is 0 Å². The molecule has 0 radical (unpaired) electrons. The van der Waals surface area contributed by atoms with Crippen LogP contribution >= 0.6 is 27.5 Å². The van der Waals surface area contributed by atoms with Gasteiger partial charge in [0, 0.05) is 10.7 Å². The van der Waals surface area contributed by atoms with Gasteiger partial charge in [0.2, 0.25) is 0 Å². The number of halogens is 5. The van der Waals surface area contributed by atoms with Crippen LogP contribution in [0.3, 0.4) is 0 Å². The molecule has 1 aromatic rings. The first kappa shape index (κ1) is 11.6. The maximum absolute atomic E-state index is 12.0. The van der Waals surface area contributed by atoms with Crippen LogP contribution in [0.4, 0.5) is 13.2 Å². The van der Waals surface area contributed by atoms with E-state index in [0.29, 0.717) is 9.04 Å². The molecule has 0 aliphatic heterocycles. The van der Waals surface area contributed by atoms with Crippen LogP contribution in [-0.4, -0.2) is 10.7 Å². The number of pyridine rings is 1. The van der Waals surface area contributed by atoms with Crippen LogP contribution in [0.25, 0.3) is 0 Å². The summed E-state index contributed by atoms with van der Waals surface area (Å²) in [5.41, 5.74) is -0.854. The van der Waals surface area contributed by atoms with Crippen molar-refractivity contribution in [2.75, 3.05) is 0 Å². The SMILES string of the molecule is O=c1c(Cl)cc(Br)cn1CC(F)(F)F. The average Bonchev–Trinajstić information content (AvgIpc) is 1.96. The lowest BCUT2D eigenvalue weighted by Gasteiger charge is -2.09. The van der Waals surface area contributed by atoms with Crippen molar-refractivity contribution in [3.05, 3.63) is 32.1 Å². The molecule has 0 bridgehead atoms. The third kappa shape index (κ3) is 3.02. The number of hydrogen-bond acceptors (Lipinski definition) is 1. The van der Waals surface area contributed by atoms with E-state index in [1.807, 2.05) is 0 Å². The first-order chi connectivity index (χ1) is 6.29. The van der Waals surface area contributed by atoms with Gasteiger partial charge in [0.15, 0.2) is 0 Å². The molecule has 14 heavy (non-hydrogen) atoms. The van der Waals surface area contributed by atoms with Gasteiger partial charge in [0.05, 0.1) is 0 Å². The Morgan fingerprint density at radius 3 is 2.57 bits per heavy atom. The van der Waals surface area contributed by atoms with Gasteiger partial charge in [-0.25, -0.2) is 0 Å². The fraction of sp³-hybridized carbons (Fsp3) is 0.286. The third-order valence-electron chi connectivity index (χ3n) is 1.36. The summed E-state index contributed by atoms with van der Waals surface area (Å²) in [4.78, 5) is 11.1. The van der Waals surface area contributed by atoms with Crippen molar-refractivity contribution in [1.29, 1.82) is 0 Å². The molecule has 1 aromatic heterocycles. The second-order valence-electron chi connectivity index (χ2n) is 2.55. The van der Waals surface area contributed by atoms with E-state index < -0.39 is 18.3 Å². The van der Waals surface area contributed by atoms with Crippen molar-refractivity contribution >= 4 is 27.5 Å². The summed E-state index contributed by atoms with van der Waals surface area (Å²) in [7, 11) is 0. The quantitative estimate of drug-likeness (QED) is 0.779. The van der Waals surface area contributed by atoms with E-state index >= 15 is 0 Å².